The van der Waals surface area contributed by atoms with Crippen LogP contribution >= 0.6 is 8.03 Å². The summed E-state index contributed by atoms with van der Waals surface area (Å²) in [4.78, 5) is 21.9. The second kappa shape index (κ2) is 6.67. The largest absolute Gasteiger partial charge is 0.529 e. The van der Waals surface area contributed by atoms with Crippen LogP contribution in [0.25, 0.3) is 0 Å². The summed E-state index contributed by atoms with van der Waals surface area (Å²) in [7, 11) is -2.88. The molecule has 0 bridgehead atoms. The van der Waals surface area contributed by atoms with Gasteiger partial charge < -0.3 is 5.11 Å². The minimum Gasteiger partial charge on any atom is -0.477 e. The lowest BCUT2D eigenvalue weighted by atomic mass is 9.72. The van der Waals surface area contributed by atoms with Gasteiger partial charge in [-0.2, -0.15) is 4.89 Å². The Morgan fingerprint density at radius 1 is 1.24 bits per heavy atom. The Bertz CT molecular complexity index is 494. The fraction of sp³-hybridized carbons (Fsp3) is 0.562. The SMILES string of the molecule is CC(C1CCCCC1)C(C(=O)O)(c1ccccc1)[P+](=O)O. The molecule has 2 rings (SSSR count). The standard InChI is InChI=1S/C16H21O4P/c1-12(13-8-4-2-5-9-13)16(15(17)18,21(19)20)14-10-6-3-7-11-14/h3,6-7,10-13H,2,4-5,8-9H2,1H3,(H-,17,18,19,20)/p+1. The maximum Gasteiger partial charge on any atom is 0.529 e. The molecule has 21 heavy (non-hydrogen) atoms. The van der Waals surface area contributed by atoms with Crippen molar-refractivity contribution in [2.24, 2.45) is 11.8 Å². The lowest BCUT2D eigenvalue weighted by molar-refractivity contribution is -0.143. The number of hydrogen-bond acceptors (Lipinski definition) is 2. The zero-order chi connectivity index (χ0) is 15.5. The molecule has 1 aromatic carbocycles. The molecule has 114 valence electrons. The van der Waals surface area contributed by atoms with Crippen LogP contribution in [-0.4, -0.2) is 16.0 Å². The second-order valence-corrected chi connectivity index (χ2v) is 7.15. The van der Waals surface area contributed by atoms with E-state index in [0.29, 0.717) is 5.56 Å². The number of benzene rings is 1. The van der Waals surface area contributed by atoms with Crippen LogP contribution in [0.5, 0.6) is 0 Å². The monoisotopic (exact) mass is 309 g/mol. The van der Waals surface area contributed by atoms with Gasteiger partial charge in [-0.05, 0) is 23.3 Å². The van der Waals surface area contributed by atoms with Crippen molar-refractivity contribution in [3.8, 4) is 0 Å². The van der Waals surface area contributed by atoms with Crippen molar-refractivity contribution >= 4 is 14.0 Å². The van der Waals surface area contributed by atoms with Crippen LogP contribution in [0.15, 0.2) is 30.3 Å². The lowest BCUT2D eigenvalue weighted by Gasteiger charge is -2.33. The van der Waals surface area contributed by atoms with Crippen molar-refractivity contribution in [3.05, 3.63) is 35.9 Å². The van der Waals surface area contributed by atoms with Gasteiger partial charge in [0, 0.05) is 11.5 Å². The predicted molar refractivity (Wildman–Crippen MR) is 81.3 cm³/mol. The van der Waals surface area contributed by atoms with Crippen molar-refractivity contribution in [1.82, 2.24) is 0 Å². The number of carbonyl (C=O) groups is 1. The van der Waals surface area contributed by atoms with Crippen LogP contribution in [0, 0.1) is 11.8 Å². The summed E-state index contributed by atoms with van der Waals surface area (Å²) < 4.78 is 12.1. The molecule has 1 aromatic rings. The Balaban J connectivity index is 2.49. The molecule has 3 unspecified atom stereocenters. The Kier molecular flexibility index (Phi) is 5.13. The third-order valence-corrected chi connectivity index (χ3v) is 6.32. The highest BCUT2D eigenvalue weighted by Gasteiger charge is 2.63. The molecular formula is C16H22O4P+. The Labute approximate surface area is 126 Å². The molecule has 0 aromatic heterocycles. The van der Waals surface area contributed by atoms with Gasteiger partial charge in [-0.15, -0.1) is 0 Å². The summed E-state index contributed by atoms with van der Waals surface area (Å²) in [6.45, 7) is 1.82. The third kappa shape index (κ3) is 2.88. The molecule has 4 nitrogen and oxygen atoms in total. The molecule has 1 fully saturated rings. The van der Waals surface area contributed by atoms with Crippen LogP contribution in [-0.2, 0) is 14.5 Å². The average molecular weight is 309 g/mol. The Morgan fingerprint density at radius 3 is 2.29 bits per heavy atom. The topological polar surface area (TPSA) is 74.6 Å². The summed E-state index contributed by atoms with van der Waals surface area (Å²) in [6, 6.07) is 8.53. The molecule has 0 heterocycles. The Morgan fingerprint density at radius 2 is 1.81 bits per heavy atom. The van der Waals surface area contributed by atoms with Crippen molar-refractivity contribution in [3.63, 3.8) is 0 Å². The molecule has 0 spiro atoms. The fourth-order valence-electron chi connectivity index (χ4n) is 3.62. The molecule has 1 aliphatic carbocycles. The smallest absolute Gasteiger partial charge is 0.477 e. The van der Waals surface area contributed by atoms with Gasteiger partial charge in [0.15, 0.2) is 0 Å². The zero-order valence-electron chi connectivity index (χ0n) is 12.2. The van der Waals surface area contributed by atoms with Crippen LogP contribution in [0.2, 0.25) is 0 Å². The zero-order valence-corrected chi connectivity index (χ0v) is 13.1. The van der Waals surface area contributed by atoms with Crippen LogP contribution < -0.4 is 0 Å². The van der Waals surface area contributed by atoms with E-state index < -0.39 is 19.2 Å². The van der Waals surface area contributed by atoms with E-state index in [1.54, 1.807) is 30.3 Å². The van der Waals surface area contributed by atoms with Gasteiger partial charge in [-0.3, -0.25) is 0 Å². The number of aliphatic carboxylic acids is 1. The maximum absolute atomic E-state index is 12.1. The number of carboxylic acid groups (broad SMARTS) is 1. The first-order chi connectivity index (χ1) is 10.0. The highest BCUT2D eigenvalue weighted by atomic mass is 31.1. The van der Waals surface area contributed by atoms with Gasteiger partial charge in [-0.1, -0.05) is 56.5 Å². The van der Waals surface area contributed by atoms with Gasteiger partial charge >= 0.3 is 19.2 Å². The fourth-order valence-corrected chi connectivity index (χ4v) is 4.71. The van der Waals surface area contributed by atoms with E-state index in [4.69, 9.17) is 0 Å². The first-order valence-corrected chi connectivity index (χ1v) is 8.67. The van der Waals surface area contributed by atoms with Crippen molar-refractivity contribution < 1.29 is 19.4 Å². The van der Waals surface area contributed by atoms with Crippen LogP contribution in [0.1, 0.15) is 44.6 Å². The highest BCUT2D eigenvalue weighted by molar-refractivity contribution is 7.41. The molecule has 0 radical (unpaired) electrons. The van der Waals surface area contributed by atoms with Gasteiger partial charge in [0.25, 0.3) is 0 Å². The normalized spacial score (nSPS) is 21.3. The lowest BCUT2D eigenvalue weighted by Crippen LogP contribution is -2.42. The summed E-state index contributed by atoms with van der Waals surface area (Å²) in [5.41, 5.74) is 0.430. The van der Waals surface area contributed by atoms with Crippen molar-refractivity contribution in [2.45, 2.75) is 44.2 Å². The minimum atomic E-state index is -2.88. The van der Waals surface area contributed by atoms with E-state index in [0.717, 1.165) is 25.7 Å². The molecule has 1 saturated carbocycles. The van der Waals surface area contributed by atoms with E-state index in [1.807, 2.05) is 6.92 Å². The highest BCUT2D eigenvalue weighted by Crippen LogP contribution is 2.54. The minimum absolute atomic E-state index is 0.182. The predicted octanol–water partition coefficient (Wildman–Crippen LogP) is 3.92. The summed E-state index contributed by atoms with van der Waals surface area (Å²) in [6.07, 6.45) is 5.18. The van der Waals surface area contributed by atoms with Gasteiger partial charge in [-0.25, -0.2) is 4.79 Å². The molecule has 0 aliphatic heterocycles. The number of hydrogen-bond donors (Lipinski definition) is 2. The van der Waals surface area contributed by atoms with Gasteiger partial charge in [0.2, 0.25) is 0 Å². The molecule has 5 heteroatoms. The average Bonchev–Trinajstić information content (AvgIpc) is 2.49. The second-order valence-electron chi connectivity index (χ2n) is 5.90. The Hall–Kier alpha value is -1.25. The molecule has 2 N–H and O–H groups in total. The molecule has 3 atom stereocenters. The van der Waals surface area contributed by atoms with E-state index in [1.165, 1.54) is 6.42 Å². The first-order valence-electron chi connectivity index (χ1n) is 7.46. The van der Waals surface area contributed by atoms with E-state index in [2.05, 4.69) is 0 Å². The van der Waals surface area contributed by atoms with E-state index >= 15 is 0 Å². The van der Waals surface area contributed by atoms with Gasteiger partial charge in [0.1, 0.15) is 0 Å². The molecule has 0 amide bonds. The van der Waals surface area contributed by atoms with Crippen molar-refractivity contribution in [2.75, 3.05) is 0 Å². The third-order valence-electron chi connectivity index (χ3n) is 4.86. The number of rotatable bonds is 5. The maximum atomic E-state index is 12.1. The quantitative estimate of drug-likeness (QED) is 0.808. The molecule has 1 aliphatic rings. The van der Waals surface area contributed by atoms with Crippen molar-refractivity contribution in [1.29, 1.82) is 0 Å². The van der Waals surface area contributed by atoms with E-state index in [9.17, 15) is 19.4 Å². The summed E-state index contributed by atoms with van der Waals surface area (Å²) in [5.74, 6) is -1.39. The number of carboxylic acids is 1. The van der Waals surface area contributed by atoms with E-state index in [-0.39, 0.29) is 11.8 Å². The van der Waals surface area contributed by atoms with Crippen LogP contribution in [0.4, 0.5) is 0 Å². The van der Waals surface area contributed by atoms with Crippen LogP contribution in [0.3, 0.4) is 0 Å². The van der Waals surface area contributed by atoms with Gasteiger partial charge in [0.05, 0.1) is 0 Å². The summed E-state index contributed by atoms with van der Waals surface area (Å²) in [5, 5.41) is 8.10. The first kappa shape index (κ1) is 16.1. The summed E-state index contributed by atoms with van der Waals surface area (Å²) >= 11 is 0. The molecule has 0 saturated heterocycles. The molecular weight excluding hydrogens is 287 g/mol.